The summed E-state index contributed by atoms with van der Waals surface area (Å²) in [7, 11) is 0. The van der Waals surface area contributed by atoms with Gasteiger partial charge in [0, 0.05) is 6.42 Å². The van der Waals surface area contributed by atoms with Crippen LogP contribution >= 0.6 is 0 Å². The number of aliphatic carboxylic acids is 1. The molecular formula is C16H23NO4. The van der Waals surface area contributed by atoms with Gasteiger partial charge in [0.2, 0.25) is 0 Å². The molecule has 0 saturated carbocycles. The number of benzene rings is 1. The van der Waals surface area contributed by atoms with E-state index in [-0.39, 0.29) is 12.5 Å². The minimum absolute atomic E-state index is 0.0827. The monoisotopic (exact) mass is 293 g/mol. The number of nitrogens with one attached hydrogen (secondary N) is 1. The molecule has 0 unspecified atom stereocenters. The van der Waals surface area contributed by atoms with Crippen molar-refractivity contribution >= 4 is 12.1 Å². The number of ether oxygens (including phenoxy) is 1. The maximum absolute atomic E-state index is 11.9. The first-order valence-electron chi connectivity index (χ1n) is 7.04. The molecule has 5 nitrogen and oxygen atoms in total. The summed E-state index contributed by atoms with van der Waals surface area (Å²) in [6.07, 6.45) is 0.631. The summed E-state index contributed by atoms with van der Waals surface area (Å²) in [5.74, 6) is -0.834. The van der Waals surface area contributed by atoms with Crippen LogP contribution in [0.5, 0.6) is 0 Å². The lowest BCUT2D eigenvalue weighted by Crippen LogP contribution is -2.35. The molecule has 0 spiro atoms. The summed E-state index contributed by atoms with van der Waals surface area (Å²) in [5, 5.41) is 11.5. The van der Waals surface area contributed by atoms with Gasteiger partial charge in [0.25, 0.3) is 0 Å². The fourth-order valence-corrected chi connectivity index (χ4v) is 1.91. The van der Waals surface area contributed by atoms with Crippen LogP contribution in [0.4, 0.5) is 4.79 Å². The van der Waals surface area contributed by atoms with Crippen LogP contribution in [0.1, 0.15) is 51.6 Å². The standard InChI is InChI=1S/C16H23NO4/c1-16(2,3)21-15(20)17-13(10-7-11-14(18)19)12-8-5-4-6-9-12/h4-6,8-9,13H,7,10-11H2,1-3H3,(H,17,20)(H,18,19)/t13-/m1/s1. The van der Waals surface area contributed by atoms with Gasteiger partial charge in [0.05, 0.1) is 6.04 Å². The number of carbonyl (C=O) groups is 2. The van der Waals surface area contributed by atoms with Crippen LogP contribution in [0, 0.1) is 0 Å². The van der Waals surface area contributed by atoms with E-state index in [0.29, 0.717) is 12.8 Å². The minimum atomic E-state index is -0.834. The molecule has 1 aromatic rings. The Kier molecular flexibility index (Phi) is 6.21. The predicted molar refractivity (Wildman–Crippen MR) is 80.0 cm³/mol. The zero-order valence-corrected chi connectivity index (χ0v) is 12.8. The number of hydrogen-bond acceptors (Lipinski definition) is 3. The van der Waals surface area contributed by atoms with Crippen molar-refractivity contribution in [3.8, 4) is 0 Å². The van der Waals surface area contributed by atoms with Crippen molar-refractivity contribution in [2.24, 2.45) is 0 Å². The molecule has 1 aromatic carbocycles. The van der Waals surface area contributed by atoms with E-state index in [4.69, 9.17) is 9.84 Å². The Morgan fingerprint density at radius 3 is 2.38 bits per heavy atom. The highest BCUT2D eigenvalue weighted by Crippen LogP contribution is 2.20. The Morgan fingerprint density at radius 2 is 1.86 bits per heavy atom. The Labute approximate surface area is 125 Å². The third kappa shape index (κ3) is 7.34. The predicted octanol–water partition coefficient (Wildman–Crippen LogP) is 3.51. The van der Waals surface area contributed by atoms with E-state index < -0.39 is 17.7 Å². The molecular weight excluding hydrogens is 270 g/mol. The van der Waals surface area contributed by atoms with Crippen LogP contribution in [0.25, 0.3) is 0 Å². The summed E-state index contributed by atoms with van der Waals surface area (Å²) < 4.78 is 5.25. The van der Waals surface area contributed by atoms with E-state index >= 15 is 0 Å². The van der Waals surface area contributed by atoms with Gasteiger partial charge in [-0.05, 0) is 39.2 Å². The topological polar surface area (TPSA) is 75.6 Å². The van der Waals surface area contributed by atoms with Gasteiger partial charge < -0.3 is 15.2 Å². The molecule has 0 aliphatic heterocycles. The van der Waals surface area contributed by atoms with Crippen molar-refractivity contribution in [2.75, 3.05) is 0 Å². The Balaban J connectivity index is 2.68. The third-order valence-corrected chi connectivity index (χ3v) is 2.78. The van der Waals surface area contributed by atoms with Crippen molar-refractivity contribution in [3.05, 3.63) is 35.9 Å². The number of carboxylic acid groups (broad SMARTS) is 1. The molecule has 0 heterocycles. The smallest absolute Gasteiger partial charge is 0.408 e. The van der Waals surface area contributed by atoms with Crippen molar-refractivity contribution in [2.45, 2.75) is 51.7 Å². The number of amides is 1. The second-order valence-electron chi connectivity index (χ2n) is 5.90. The van der Waals surface area contributed by atoms with Crippen molar-refractivity contribution in [1.29, 1.82) is 0 Å². The van der Waals surface area contributed by atoms with Crippen LogP contribution < -0.4 is 5.32 Å². The molecule has 0 bridgehead atoms. The van der Waals surface area contributed by atoms with Gasteiger partial charge in [-0.25, -0.2) is 4.79 Å². The quantitative estimate of drug-likeness (QED) is 0.841. The average molecular weight is 293 g/mol. The highest BCUT2D eigenvalue weighted by atomic mass is 16.6. The lowest BCUT2D eigenvalue weighted by molar-refractivity contribution is -0.137. The largest absolute Gasteiger partial charge is 0.481 e. The van der Waals surface area contributed by atoms with Gasteiger partial charge in [0.15, 0.2) is 0 Å². The molecule has 0 aromatic heterocycles. The molecule has 0 radical (unpaired) electrons. The van der Waals surface area contributed by atoms with Gasteiger partial charge in [-0.3, -0.25) is 4.79 Å². The highest BCUT2D eigenvalue weighted by Gasteiger charge is 2.20. The van der Waals surface area contributed by atoms with E-state index in [0.717, 1.165) is 5.56 Å². The molecule has 1 rings (SSSR count). The number of alkyl carbamates (subject to hydrolysis) is 1. The SMILES string of the molecule is CC(C)(C)OC(=O)N[C@H](CCCC(=O)O)c1ccccc1. The lowest BCUT2D eigenvalue weighted by Gasteiger charge is -2.24. The van der Waals surface area contributed by atoms with Crippen LogP contribution in [0.2, 0.25) is 0 Å². The summed E-state index contributed by atoms with van der Waals surface area (Å²) in [5.41, 5.74) is 0.376. The van der Waals surface area contributed by atoms with E-state index in [1.165, 1.54) is 0 Å². The van der Waals surface area contributed by atoms with Gasteiger partial charge >= 0.3 is 12.1 Å². The number of carbonyl (C=O) groups excluding carboxylic acids is 1. The van der Waals surface area contributed by atoms with Crippen molar-refractivity contribution in [1.82, 2.24) is 5.32 Å². The molecule has 116 valence electrons. The maximum atomic E-state index is 11.9. The first-order valence-corrected chi connectivity index (χ1v) is 7.04. The average Bonchev–Trinajstić information content (AvgIpc) is 2.36. The van der Waals surface area contributed by atoms with Crippen molar-refractivity contribution < 1.29 is 19.4 Å². The Hall–Kier alpha value is -2.04. The van der Waals surface area contributed by atoms with Crippen LogP contribution in [-0.2, 0) is 9.53 Å². The molecule has 0 aliphatic carbocycles. The molecule has 1 atom stereocenters. The normalized spacial score (nSPS) is 12.5. The second kappa shape index (κ2) is 7.67. The zero-order chi connectivity index (χ0) is 15.9. The fraction of sp³-hybridized carbons (Fsp3) is 0.500. The van der Waals surface area contributed by atoms with Gasteiger partial charge in [-0.2, -0.15) is 0 Å². The van der Waals surface area contributed by atoms with E-state index in [2.05, 4.69) is 5.32 Å². The van der Waals surface area contributed by atoms with Crippen molar-refractivity contribution in [3.63, 3.8) is 0 Å². The van der Waals surface area contributed by atoms with Gasteiger partial charge in [-0.15, -0.1) is 0 Å². The third-order valence-electron chi connectivity index (χ3n) is 2.78. The molecule has 5 heteroatoms. The van der Waals surface area contributed by atoms with Crippen LogP contribution in [0.3, 0.4) is 0 Å². The van der Waals surface area contributed by atoms with E-state index in [1.54, 1.807) is 20.8 Å². The maximum Gasteiger partial charge on any atom is 0.408 e. The fourth-order valence-electron chi connectivity index (χ4n) is 1.91. The van der Waals surface area contributed by atoms with Crippen LogP contribution in [-0.4, -0.2) is 22.8 Å². The molecule has 1 amide bonds. The van der Waals surface area contributed by atoms with E-state index in [1.807, 2.05) is 30.3 Å². The highest BCUT2D eigenvalue weighted by molar-refractivity contribution is 5.68. The molecule has 0 saturated heterocycles. The number of rotatable bonds is 6. The summed E-state index contributed by atoms with van der Waals surface area (Å²) in [6.45, 7) is 5.40. The van der Waals surface area contributed by atoms with Gasteiger partial charge in [0.1, 0.15) is 5.60 Å². The first-order chi connectivity index (χ1) is 9.78. The minimum Gasteiger partial charge on any atom is -0.481 e. The molecule has 2 N–H and O–H groups in total. The Bertz CT molecular complexity index is 465. The second-order valence-corrected chi connectivity index (χ2v) is 5.90. The number of carboxylic acids is 1. The lowest BCUT2D eigenvalue weighted by atomic mass is 10.0. The number of hydrogen-bond donors (Lipinski definition) is 2. The van der Waals surface area contributed by atoms with E-state index in [9.17, 15) is 9.59 Å². The summed E-state index contributed by atoms with van der Waals surface area (Å²) in [4.78, 5) is 22.5. The molecule has 0 fully saturated rings. The molecule has 21 heavy (non-hydrogen) atoms. The zero-order valence-electron chi connectivity index (χ0n) is 12.8. The summed E-state index contributed by atoms with van der Waals surface area (Å²) in [6, 6.07) is 9.23. The summed E-state index contributed by atoms with van der Waals surface area (Å²) >= 11 is 0. The Morgan fingerprint density at radius 1 is 1.24 bits per heavy atom. The first kappa shape index (κ1) is 17.0. The molecule has 0 aliphatic rings. The van der Waals surface area contributed by atoms with Gasteiger partial charge in [-0.1, -0.05) is 30.3 Å². The van der Waals surface area contributed by atoms with Crippen LogP contribution in [0.15, 0.2) is 30.3 Å².